The lowest BCUT2D eigenvalue weighted by molar-refractivity contribution is -0.0429. The molecule has 2 aromatic carbocycles. The summed E-state index contributed by atoms with van der Waals surface area (Å²) in [7, 11) is -5.41. The van der Waals surface area contributed by atoms with Crippen LogP contribution in [0.15, 0.2) is 54.6 Å². The van der Waals surface area contributed by atoms with E-state index in [1.807, 2.05) is 30.3 Å². The third kappa shape index (κ3) is 4.11. The number of alkyl halides is 3. The van der Waals surface area contributed by atoms with Crippen LogP contribution in [0.25, 0.3) is 12.2 Å². The van der Waals surface area contributed by atoms with E-state index in [2.05, 4.69) is 0 Å². The molecule has 0 radical (unpaired) electrons. The van der Waals surface area contributed by atoms with Gasteiger partial charge in [-0.3, -0.25) is 4.72 Å². The van der Waals surface area contributed by atoms with Crippen molar-refractivity contribution in [2.75, 3.05) is 4.72 Å². The maximum atomic E-state index is 12.3. The lowest BCUT2D eigenvalue weighted by Gasteiger charge is -2.10. The Hall–Kier alpha value is -2.28. The van der Waals surface area contributed by atoms with Crippen molar-refractivity contribution in [3.05, 3.63) is 65.7 Å². The van der Waals surface area contributed by atoms with Gasteiger partial charge in [0.2, 0.25) is 0 Å². The molecule has 2 aromatic rings. The fourth-order valence-corrected chi connectivity index (χ4v) is 2.23. The molecule has 0 heterocycles. The van der Waals surface area contributed by atoms with Crippen molar-refractivity contribution >= 4 is 27.9 Å². The molecule has 2 rings (SSSR count). The average molecular weight is 327 g/mol. The molecule has 0 spiro atoms. The normalized spacial score (nSPS) is 12.5. The van der Waals surface area contributed by atoms with Crippen LogP contribution in [0.2, 0.25) is 0 Å². The molecule has 0 aliphatic heterocycles. The van der Waals surface area contributed by atoms with Gasteiger partial charge in [-0.15, -0.1) is 0 Å². The van der Waals surface area contributed by atoms with Crippen LogP contribution in [0.1, 0.15) is 11.1 Å². The first-order valence-corrected chi connectivity index (χ1v) is 7.68. The molecule has 0 unspecified atom stereocenters. The van der Waals surface area contributed by atoms with Crippen LogP contribution in [0.3, 0.4) is 0 Å². The van der Waals surface area contributed by atoms with E-state index < -0.39 is 15.5 Å². The molecule has 0 atom stereocenters. The van der Waals surface area contributed by atoms with Gasteiger partial charge >= 0.3 is 15.5 Å². The second-order valence-electron chi connectivity index (χ2n) is 4.42. The van der Waals surface area contributed by atoms with Gasteiger partial charge in [0.25, 0.3) is 0 Å². The Labute approximate surface area is 126 Å². The molecular weight excluding hydrogens is 315 g/mol. The highest BCUT2D eigenvalue weighted by Gasteiger charge is 2.45. The topological polar surface area (TPSA) is 46.2 Å². The predicted molar refractivity (Wildman–Crippen MR) is 80.4 cm³/mol. The van der Waals surface area contributed by atoms with Gasteiger partial charge in [0, 0.05) is 5.69 Å². The van der Waals surface area contributed by atoms with E-state index in [0.29, 0.717) is 5.56 Å². The summed E-state index contributed by atoms with van der Waals surface area (Å²) in [6.07, 6.45) is 3.46. The summed E-state index contributed by atoms with van der Waals surface area (Å²) in [5.74, 6) is 0. The first-order chi connectivity index (χ1) is 10.3. The second-order valence-corrected chi connectivity index (χ2v) is 6.09. The zero-order valence-electron chi connectivity index (χ0n) is 11.2. The Kier molecular flexibility index (Phi) is 4.56. The van der Waals surface area contributed by atoms with Crippen LogP contribution in [0, 0.1) is 0 Å². The number of hydrogen-bond donors (Lipinski definition) is 1. The number of rotatable bonds is 4. The molecule has 1 N–H and O–H groups in total. The van der Waals surface area contributed by atoms with Gasteiger partial charge in [0.05, 0.1) is 0 Å². The number of sulfonamides is 1. The van der Waals surface area contributed by atoms with Gasteiger partial charge in [-0.25, -0.2) is 0 Å². The molecule has 0 aliphatic carbocycles. The van der Waals surface area contributed by atoms with Gasteiger partial charge < -0.3 is 0 Å². The fourth-order valence-electron chi connectivity index (χ4n) is 1.68. The van der Waals surface area contributed by atoms with Gasteiger partial charge in [0.1, 0.15) is 0 Å². The van der Waals surface area contributed by atoms with Crippen molar-refractivity contribution in [2.45, 2.75) is 5.51 Å². The monoisotopic (exact) mass is 327 g/mol. The van der Waals surface area contributed by atoms with Gasteiger partial charge in [-0.1, -0.05) is 54.6 Å². The van der Waals surface area contributed by atoms with Crippen LogP contribution in [-0.4, -0.2) is 13.9 Å². The van der Waals surface area contributed by atoms with E-state index in [9.17, 15) is 21.6 Å². The Bertz CT molecular complexity index is 769. The van der Waals surface area contributed by atoms with E-state index in [1.54, 1.807) is 18.2 Å². The molecule has 0 aliphatic rings. The third-order valence-corrected chi connectivity index (χ3v) is 3.83. The smallest absolute Gasteiger partial charge is 0.276 e. The van der Waals surface area contributed by atoms with E-state index >= 15 is 0 Å². The second kappa shape index (κ2) is 6.23. The molecular formula is C15H12F3NO2S. The molecule has 0 saturated heterocycles. The molecule has 0 bridgehead atoms. The van der Waals surface area contributed by atoms with Crippen LogP contribution < -0.4 is 4.72 Å². The molecule has 0 aromatic heterocycles. The first-order valence-electron chi connectivity index (χ1n) is 6.20. The van der Waals surface area contributed by atoms with Crippen molar-refractivity contribution in [3.8, 4) is 0 Å². The average Bonchev–Trinajstić information content (AvgIpc) is 2.45. The van der Waals surface area contributed by atoms with Gasteiger partial charge in [-0.05, 0) is 23.3 Å². The van der Waals surface area contributed by atoms with Crippen LogP contribution in [-0.2, 0) is 10.0 Å². The molecule has 0 amide bonds. The highest BCUT2D eigenvalue weighted by atomic mass is 32.2. The minimum Gasteiger partial charge on any atom is -0.276 e. The third-order valence-electron chi connectivity index (χ3n) is 2.71. The molecule has 3 nitrogen and oxygen atoms in total. The van der Waals surface area contributed by atoms with Gasteiger partial charge in [-0.2, -0.15) is 21.6 Å². The Morgan fingerprint density at radius 1 is 0.864 bits per heavy atom. The summed E-state index contributed by atoms with van der Waals surface area (Å²) in [4.78, 5) is 0. The highest BCUT2D eigenvalue weighted by molar-refractivity contribution is 7.93. The molecule has 7 heteroatoms. The van der Waals surface area contributed by atoms with Crippen molar-refractivity contribution in [1.82, 2.24) is 0 Å². The summed E-state index contributed by atoms with van der Waals surface area (Å²) >= 11 is 0. The minimum atomic E-state index is -5.41. The van der Waals surface area contributed by atoms with Crippen LogP contribution in [0.5, 0.6) is 0 Å². The number of benzene rings is 2. The van der Waals surface area contributed by atoms with Crippen LogP contribution in [0.4, 0.5) is 18.9 Å². The van der Waals surface area contributed by atoms with E-state index in [0.717, 1.165) is 5.56 Å². The maximum absolute atomic E-state index is 12.3. The van der Waals surface area contributed by atoms with Crippen molar-refractivity contribution in [3.63, 3.8) is 0 Å². The molecule has 116 valence electrons. The quantitative estimate of drug-likeness (QED) is 0.859. The van der Waals surface area contributed by atoms with Crippen LogP contribution >= 0.6 is 0 Å². The summed E-state index contributed by atoms with van der Waals surface area (Å²) < 4.78 is 60.6. The summed E-state index contributed by atoms with van der Waals surface area (Å²) in [6.45, 7) is 0. The number of halogens is 3. The van der Waals surface area contributed by atoms with E-state index in [-0.39, 0.29) is 5.69 Å². The molecule has 22 heavy (non-hydrogen) atoms. The number of nitrogens with one attached hydrogen (secondary N) is 1. The lowest BCUT2D eigenvalue weighted by Crippen LogP contribution is -2.29. The minimum absolute atomic E-state index is 0.146. The summed E-state index contributed by atoms with van der Waals surface area (Å²) in [6, 6.07) is 15.0. The Morgan fingerprint density at radius 2 is 1.45 bits per heavy atom. The Morgan fingerprint density at radius 3 is 2.09 bits per heavy atom. The summed E-state index contributed by atoms with van der Waals surface area (Å²) in [5, 5.41) is 0. The molecule has 0 saturated carbocycles. The zero-order valence-corrected chi connectivity index (χ0v) is 12.0. The Balaban J connectivity index is 2.19. The largest absolute Gasteiger partial charge is 0.516 e. The standard InChI is InChI=1S/C15H12F3NO2S/c16-15(17,18)22(20,21)19-14-8-4-7-13(11-14)10-9-12-5-2-1-3-6-12/h1-11,19H. The lowest BCUT2D eigenvalue weighted by atomic mass is 10.1. The number of anilines is 1. The maximum Gasteiger partial charge on any atom is 0.516 e. The zero-order chi connectivity index (χ0) is 16.2. The van der Waals surface area contributed by atoms with E-state index in [4.69, 9.17) is 0 Å². The first kappa shape index (κ1) is 16.1. The van der Waals surface area contributed by atoms with Gasteiger partial charge in [0.15, 0.2) is 0 Å². The number of hydrogen-bond acceptors (Lipinski definition) is 2. The van der Waals surface area contributed by atoms with E-state index in [1.165, 1.54) is 22.9 Å². The predicted octanol–water partition coefficient (Wildman–Crippen LogP) is 4.12. The summed E-state index contributed by atoms with van der Waals surface area (Å²) in [5.41, 5.74) is -3.99. The molecule has 0 fully saturated rings. The fraction of sp³-hybridized carbons (Fsp3) is 0.0667. The van der Waals surface area contributed by atoms with Crippen molar-refractivity contribution < 1.29 is 21.6 Å². The van der Waals surface area contributed by atoms with Crippen molar-refractivity contribution in [1.29, 1.82) is 0 Å². The van der Waals surface area contributed by atoms with Crippen molar-refractivity contribution in [2.24, 2.45) is 0 Å². The highest BCUT2D eigenvalue weighted by Crippen LogP contribution is 2.25. The SMILES string of the molecule is O=S(=O)(Nc1cccc(C=Cc2ccccc2)c1)C(F)(F)F.